The minimum absolute atomic E-state index is 0.0946. The molecule has 0 rings (SSSR count). The average Bonchev–Trinajstić information content (AvgIpc) is 3.29. The van der Waals surface area contributed by atoms with Gasteiger partial charge in [-0.15, -0.1) is 0 Å². The molecule has 1 unspecified atom stereocenters. The Hall–Kier alpha value is -3.67. The lowest BCUT2D eigenvalue weighted by molar-refractivity contribution is -0.167. The molecule has 64 heavy (non-hydrogen) atoms. The van der Waals surface area contributed by atoms with Crippen LogP contribution in [-0.4, -0.2) is 37.2 Å². The number of hydrogen-bond donors (Lipinski definition) is 0. The fraction of sp³-hybridized carbons (Fsp3) is 0.672. The van der Waals surface area contributed by atoms with Crippen LogP contribution in [0.1, 0.15) is 233 Å². The number of unbranched alkanes of at least 4 members (excludes halogenated alkanes) is 19. The molecule has 0 amide bonds. The van der Waals surface area contributed by atoms with Gasteiger partial charge in [-0.05, 0) is 116 Å². The normalized spacial score (nSPS) is 12.9. The van der Waals surface area contributed by atoms with Crippen molar-refractivity contribution < 1.29 is 28.6 Å². The number of carbonyl (C=O) groups is 3. The molecule has 0 spiro atoms. The zero-order chi connectivity index (χ0) is 46.5. The van der Waals surface area contributed by atoms with E-state index in [1.165, 1.54) is 51.4 Å². The number of carbonyl (C=O) groups excluding carboxylic acids is 3. The molecule has 0 aliphatic carbocycles. The molecule has 0 bridgehead atoms. The van der Waals surface area contributed by atoms with E-state index in [2.05, 4.69) is 118 Å². The maximum Gasteiger partial charge on any atom is 0.306 e. The first-order valence-electron chi connectivity index (χ1n) is 26.2. The van der Waals surface area contributed by atoms with E-state index in [0.717, 1.165) is 141 Å². The minimum Gasteiger partial charge on any atom is -0.462 e. The third kappa shape index (κ3) is 49.3. The van der Waals surface area contributed by atoms with Crippen LogP contribution in [0.2, 0.25) is 0 Å². The summed E-state index contributed by atoms with van der Waals surface area (Å²) in [6, 6.07) is 0. The van der Waals surface area contributed by atoms with Crippen LogP contribution in [0.25, 0.3) is 0 Å². The zero-order valence-corrected chi connectivity index (χ0v) is 41.5. The van der Waals surface area contributed by atoms with Crippen molar-refractivity contribution in [3.63, 3.8) is 0 Å². The van der Waals surface area contributed by atoms with Crippen molar-refractivity contribution in [3.8, 4) is 0 Å². The SMILES string of the molecule is CC/C=C\C/C=C\C/C=C\C/C=C\C/C=C\C/C=C\CCCCCCC(=O)OCC(COC(=O)CCCCCCC/C=C\CCC)OC(=O)CCCCCCC/C=C\CCCCCC. The molecule has 0 N–H and O–H groups in total. The topological polar surface area (TPSA) is 78.9 Å². The molecule has 0 aromatic heterocycles. The maximum absolute atomic E-state index is 12.8. The number of allylic oxidation sites excluding steroid dienone is 16. The van der Waals surface area contributed by atoms with Crippen molar-refractivity contribution in [3.05, 3.63) is 97.2 Å². The van der Waals surface area contributed by atoms with Gasteiger partial charge in [-0.1, -0.05) is 195 Å². The predicted octanol–water partition coefficient (Wildman–Crippen LogP) is 17.4. The van der Waals surface area contributed by atoms with Gasteiger partial charge in [0.1, 0.15) is 13.2 Å². The number of ether oxygens (including phenoxy) is 3. The molecule has 0 saturated heterocycles. The Morgan fingerprint density at radius 3 is 1.03 bits per heavy atom. The minimum atomic E-state index is -0.795. The molecule has 6 nitrogen and oxygen atoms in total. The average molecular weight is 889 g/mol. The second-order valence-electron chi connectivity index (χ2n) is 17.0. The summed E-state index contributed by atoms with van der Waals surface area (Å²) in [5.41, 5.74) is 0. The standard InChI is InChI=1S/C58H96O6/c1-4-7-10-13-16-19-22-24-25-26-27-28-29-30-31-32-33-35-36-39-42-45-48-51-57(60)63-54-55(53-62-56(59)50-47-44-41-38-21-18-15-12-9-6-3)64-58(61)52-49-46-43-40-37-34-23-20-17-14-11-8-5-2/h7,10,12,15-16,19-20,23-25,27-28,30-31,33,35,55H,4-6,8-9,11,13-14,17-18,21-22,26,29,32,34,36-54H2,1-3H3/b10-7-,15-12-,19-16-,23-20-,25-24-,28-27-,31-30-,35-33-. The van der Waals surface area contributed by atoms with E-state index in [9.17, 15) is 14.4 Å². The fourth-order valence-electron chi connectivity index (χ4n) is 6.85. The summed E-state index contributed by atoms with van der Waals surface area (Å²) in [7, 11) is 0. The summed E-state index contributed by atoms with van der Waals surface area (Å²) >= 11 is 0. The van der Waals surface area contributed by atoms with E-state index >= 15 is 0 Å². The van der Waals surface area contributed by atoms with Crippen molar-refractivity contribution in [1.29, 1.82) is 0 Å². The smallest absolute Gasteiger partial charge is 0.306 e. The second-order valence-corrected chi connectivity index (χ2v) is 17.0. The van der Waals surface area contributed by atoms with E-state index in [-0.39, 0.29) is 31.1 Å². The van der Waals surface area contributed by atoms with E-state index < -0.39 is 6.10 Å². The van der Waals surface area contributed by atoms with Crippen LogP contribution >= 0.6 is 0 Å². The Balaban J connectivity index is 4.38. The highest BCUT2D eigenvalue weighted by Crippen LogP contribution is 2.13. The summed E-state index contributed by atoms with van der Waals surface area (Å²) in [5, 5.41) is 0. The Bertz CT molecular complexity index is 1300. The van der Waals surface area contributed by atoms with Gasteiger partial charge in [-0.3, -0.25) is 14.4 Å². The van der Waals surface area contributed by atoms with Gasteiger partial charge in [-0.2, -0.15) is 0 Å². The number of hydrogen-bond acceptors (Lipinski definition) is 6. The second kappa shape index (κ2) is 52.0. The van der Waals surface area contributed by atoms with Crippen LogP contribution in [-0.2, 0) is 28.6 Å². The molecule has 0 heterocycles. The monoisotopic (exact) mass is 889 g/mol. The molecular formula is C58H96O6. The molecule has 6 heteroatoms. The van der Waals surface area contributed by atoms with E-state index in [1.807, 2.05) is 0 Å². The first kappa shape index (κ1) is 60.3. The quantitative estimate of drug-likeness (QED) is 0.0262. The predicted molar refractivity (Wildman–Crippen MR) is 274 cm³/mol. The first-order valence-corrected chi connectivity index (χ1v) is 26.2. The molecule has 0 aliphatic heterocycles. The van der Waals surface area contributed by atoms with Gasteiger partial charge in [-0.25, -0.2) is 0 Å². The summed E-state index contributed by atoms with van der Waals surface area (Å²) in [4.78, 5) is 37.9. The summed E-state index contributed by atoms with van der Waals surface area (Å²) in [5.74, 6) is -0.943. The van der Waals surface area contributed by atoms with Crippen molar-refractivity contribution in [2.45, 2.75) is 239 Å². The van der Waals surface area contributed by atoms with Crippen molar-refractivity contribution in [1.82, 2.24) is 0 Å². The van der Waals surface area contributed by atoms with Gasteiger partial charge < -0.3 is 14.2 Å². The largest absolute Gasteiger partial charge is 0.462 e. The van der Waals surface area contributed by atoms with Crippen LogP contribution in [0.5, 0.6) is 0 Å². The Kier molecular flexibility index (Phi) is 49.0. The van der Waals surface area contributed by atoms with E-state index in [0.29, 0.717) is 19.3 Å². The van der Waals surface area contributed by atoms with Crippen LogP contribution in [0, 0.1) is 0 Å². The highest BCUT2D eigenvalue weighted by atomic mass is 16.6. The van der Waals surface area contributed by atoms with Crippen molar-refractivity contribution in [2.24, 2.45) is 0 Å². The summed E-state index contributed by atoms with van der Waals surface area (Å²) < 4.78 is 16.7. The maximum atomic E-state index is 12.8. The highest BCUT2D eigenvalue weighted by molar-refractivity contribution is 5.71. The van der Waals surface area contributed by atoms with Gasteiger partial charge in [0.2, 0.25) is 0 Å². The lowest BCUT2D eigenvalue weighted by Crippen LogP contribution is -2.30. The van der Waals surface area contributed by atoms with Gasteiger partial charge in [0.05, 0.1) is 0 Å². The molecule has 0 aliphatic rings. The Morgan fingerprint density at radius 1 is 0.328 bits per heavy atom. The lowest BCUT2D eigenvalue weighted by Gasteiger charge is -2.18. The lowest BCUT2D eigenvalue weighted by atomic mass is 10.1. The number of rotatable bonds is 46. The fourth-order valence-corrected chi connectivity index (χ4v) is 6.85. The third-order valence-corrected chi connectivity index (χ3v) is 10.8. The van der Waals surface area contributed by atoms with Crippen LogP contribution in [0.15, 0.2) is 97.2 Å². The highest BCUT2D eigenvalue weighted by Gasteiger charge is 2.19. The van der Waals surface area contributed by atoms with Gasteiger partial charge in [0.15, 0.2) is 6.10 Å². The Labute approximate surface area is 394 Å². The number of esters is 3. The molecule has 1 atom stereocenters. The summed E-state index contributed by atoms with van der Waals surface area (Å²) in [6.07, 6.45) is 68.2. The van der Waals surface area contributed by atoms with E-state index in [1.54, 1.807) is 0 Å². The van der Waals surface area contributed by atoms with Crippen LogP contribution in [0.3, 0.4) is 0 Å². The van der Waals surface area contributed by atoms with Crippen LogP contribution < -0.4 is 0 Å². The molecule has 0 radical (unpaired) electrons. The molecule has 0 aromatic carbocycles. The van der Waals surface area contributed by atoms with E-state index in [4.69, 9.17) is 14.2 Å². The summed E-state index contributed by atoms with van der Waals surface area (Å²) in [6.45, 7) is 6.40. The first-order chi connectivity index (χ1) is 31.5. The third-order valence-electron chi connectivity index (χ3n) is 10.8. The molecular weight excluding hydrogens is 793 g/mol. The molecule has 0 saturated carbocycles. The van der Waals surface area contributed by atoms with Gasteiger partial charge in [0.25, 0.3) is 0 Å². The molecule has 364 valence electrons. The van der Waals surface area contributed by atoms with Gasteiger partial charge >= 0.3 is 17.9 Å². The Morgan fingerprint density at radius 2 is 0.641 bits per heavy atom. The van der Waals surface area contributed by atoms with Gasteiger partial charge in [0, 0.05) is 19.3 Å². The zero-order valence-electron chi connectivity index (χ0n) is 41.5. The molecule has 0 fully saturated rings. The van der Waals surface area contributed by atoms with Crippen molar-refractivity contribution >= 4 is 17.9 Å². The van der Waals surface area contributed by atoms with Crippen LogP contribution in [0.4, 0.5) is 0 Å². The molecule has 0 aromatic rings. The van der Waals surface area contributed by atoms with Crippen molar-refractivity contribution in [2.75, 3.05) is 13.2 Å².